The molecule has 0 unspecified atom stereocenters. The van der Waals surface area contributed by atoms with Crippen LogP contribution in [0.2, 0.25) is 0 Å². The van der Waals surface area contributed by atoms with E-state index in [4.69, 9.17) is 0 Å². The predicted molar refractivity (Wildman–Crippen MR) is 112 cm³/mol. The van der Waals surface area contributed by atoms with Gasteiger partial charge in [0.05, 0.1) is 0 Å². The van der Waals surface area contributed by atoms with Crippen LogP contribution < -0.4 is 10.7 Å². The molecule has 0 fully saturated rings. The van der Waals surface area contributed by atoms with Gasteiger partial charge >= 0.3 is 161 Å². The molecule has 0 radical (unpaired) electrons. The first-order valence-electron chi connectivity index (χ1n) is 9.21. The van der Waals surface area contributed by atoms with Gasteiger partial charge in [-0.25, -0.2) is 0 Å². The molecule has 1 amide bonds. The third-order valence-corrected chi connectivity index (χ3v) is 18.0. The van der Waals surface area contributed by atoms with Crippen molar-refractivity contribution in [1.29, 1.82) is 0 Å². The molecular weight excluding hydrogens is 425 g/mol. The fraction of sp³-hybridized carbons (Fsp3) is 0.174. The van der Waals surface area contributed by atoms with Gasteiger partial charge in [0.1, 0.15) is 0 Å². The minimum atomic E-state index is -3.87. The van der Waals surface area contributed by atoms with Crippen molar-refractivity contribution in [3.63, 3.8) is 0 Å². The molecule has 0 N–H and O–H groups in total. The maximum atomic E-state index is 14.0. The number of amides is 1. The zero-order chi connectivity index (χ0) is 18.4. The zero-order valence-electron chi connectivity index (χ0n) is 15.4. The average molecular weight is 450 g/mol. The summed E-state index contributed by atoms with van der Waals surface area (Å²) in [5.74, 6) is 0. The summed E-state index contributed by atoms with van der Waals surface area (Å²) in [6.07, 6.45) is 0. The fourth-order valence-corrected chi connectivity index (χ4v) is 16.8. The SMILES string of the molecule is CCN(CC)[C](=O)[Sn]([c]1ccccc1)([c]1ccccc1)[c]1ccccc1. The Morgan fingerprint density at radius 1 is 0.654 bits per heavy atom. The van der Waals surface area contributed by atoms with Crippen molar-refractivity contribution >= 4 is 33.0 Å². The Hall–Kier alpha value is -2.07. The number of nitrogens with zero attached hydrogens (tertiary/aromatic N) is 1. The van der Waals surface area contributed by atoms with Gasteiger partial charge in [0.25, 0.3) is 0 Å². The van der Waals surface area contributed by atoms with Gasteiger partial charge in [-0.15, -0.1) is 0 Å². The van der Waals surface area contributed by atoms with Gasteiger partial charge in [0.15, 0.2) is 0 Å². The van der Waals surface area contributed by atoms with Gasteiger partial charge < -0.3 is 0 Å². The van der Waals surface area contributed by atoms with Crippen LogP contribution in [0.5, 0.6) is 0 Å². The fourth-order valence-electron chi connectivity index (χ4n) is 3.68. The van der Waals surface area contributed by atoms with Crippen molar-refractivity contribution in [3.05, 3.63) is 91.0 Å². The average Bonchev–Trinajstić information content (AvgIpc) is 2.72. The first-order chi connectivity index (χ1) is 12.7. The normalized spacial score (nSPS) is 11.2. The van der Waals surface area contributed by atoms with E-state index in [2.05, 4.69) is 86.6 Å². The summed E-state index contributed by atoms with van der Waals surface area (Å²) in [5.41, 5.74) is 0. The van der Waals surface area contributed by atoms with Crippen LogP contribution >= 0.6 is 0 Å². The van der Waals surface area contributed by atoms with E-state index in [1.807, 2.05) is 23.1 Å². The van der Waals surface area contributed by atoms with Crippen LogP contribution in [0.15, 0.2) is 91.0 Å². The minimum absolute atomic E-state index is 0.327. The Kier molecular flexibility index (Phi) is 6.15. The molecule has 132 valence electrons. The molecule has 0 aromatic heterocycles. The Bertz CT molecular complexity index is 733. The van der Waals surface area contributed by atoms with Crippen molar-refractivity contribution in [2.75, 3.05) is 13.1 Å². The first-order valence-corrected chi connectivity index (χ1v) is 14.9. The third-order valence-electron chi connectivity index (χ3n) is 4.99. The van der Waals surface area contributed by atoms with Crippen LogP contribution in [-0.4, -0.2) is 40.3 Å². The predicted octanol–water partition coefficient (Wildman–Crippen LogP) is 3.20. The van der Waals surface area contributed by atoms with Gasteiger partial charge in [-0.05, 0) is 0 Å². The number of carbonyl (C=O) groups is 1. The first kappa shape index (κ1) is 18.7. The molecule has 0 saturated heterocycles. The van der Waals surface area contributed by atoms with Crippen molar-refractivity contribution < 1.29 is 4.79 Å². The van der Waals surface area contributed by atoms with Crippen LogP contribution in [0.1, 0.15) is 13.8 Å². The monoisotopic (exact) mass is 451 g/mol. The summed E-state index contributed by atoms with van der Waals surface area (Å²) in [5, 5.41) is 0. The second kappa shape index (κ2) is 8.54. The molecule has 3 aromatic rings. The second-order valence-electron chi connectivity index (χ2n) is 6.33. The number of carbonyl (C=O) groups excluding carboxylic acids is 1. The van der Waals surface area contributed by atoms with Crippen LogP contribution in [0.4, 0.5) is 4.79 Å². The summed E-state index contributed by atoms with van der Waals surface area (Å²) in [6, 6.07) is 31.3. The van der Waals surface area contributed by atoms with E-state index in [0.717, 1.165) is 13.1 Å². The number of hydrogen-bond acceptors (Lipinski definition) is 1. The topological polar surface area (TPSA) is 20.3 Å². The molecule has 0 heterocycles. The Morgan fingerprint density at radius 3 is 1.23 bits per heavy atom. The Labute approximate surface area is 160 Å². The van der Waals surface area contributed by atoms with Crippen molar-refractivity contribution in [2.24, 2.45) is 0 Å². The third kappa shape index (κ3) is 3.30. The molecule has 3 aromatic carbocycles. The van der Waals surface area contributed by atoms with E-state index in [0.29, 0.717) is 3.92 Å². The molecule has 3 rings (SSSR count). The van der Waals surface area contributed by atoms with Gasteiger partial charge in [-0.2, -0.15) is 0 Å². The molecule has 0 aliphatic carbocycles. The summed E-state index contributed by atoms with van der Waals surface area (Å²) >= 11 is -3.87. The summed E-state index contributed by atoms with van der Waals surface area (Å²) in [7, 11) is 0. The van der Waals surface area contributed by atoms with Crippen molar-refractivity contribution in [3.8, 4) is 0 Å². The Morgan fingerprint density at radius 2 is 0.962 bits per heavy atom. The quantitative estimate of drug-likeness (QED) is 0.529. The van der Waals surface area contributed by atoms with Crippen LogP contribution in [0, 0.1) is 0 Å². The van der Waals surface area contributed by atoms with Crippen LogP contribution in [-0.2, 0) is 0 Å². The second-order valence-corrected chi connectivity index (χ2v) is 16.8. The Balaban J connectivity index is 2.37. The standard InChI is InChI=1S/3C6H5.C5H10NO.Sn/c3*1-2-4-6-5-3-1;1-3-6(4-2)5-7;/h3*1-5H;3-4H2,1-2H3;. The molecular formula is C23H25NOSn. The van der Waals surface area contributed by atoms with Crippen molar-refractivity contribution in [1.82, 2.24) is 4.90 Å². The van der Waals surface area contributed by atoms with E-state index in [9.17, 15) is 4.79 Å². The van der Waals surface area contributed by atoms with Crippen molar-refractivity contribution in [2.45, 2.75) is 13.8 Å². The van der Waals surface area contributed by atoms with Gasteiger partial charge in [-0.1, -0.05) is 0 Å². The summed E-state index contributed by atoms with van der Waals surface area (Å²) in [4.78, 5) is 16.1. The van der Waals surface area contributed by atoms with Gasteiger partial charge in [0.2, 0.25) is 0 Å². The molecule has 3 heteroatoms. The van der Waals surface area contributed by atoms with E-state index in [-0.39, 0.29) is 0 Å². The molecule has 0 saturated carbocycles. The maximum absolute atomic E-state index is 14.0. The van der Waals surface area contributed by atoms with Gasteiger partial charge in [0, 0.05) is 0 Å². The van der Waals surface area contributed by atoms with Crippen LogP contribution in [0.3, 0.4) is 0 Å². The molecule has 2 nitrogen and oxygen atoms in total. The molecule has 0 aliphatic rings. The summed E-state index contributed by atoms with van der Waals surface area (Å²) < 4.78 is 3.94. The number of hydrogen-bond donors (Lipinski definition) is 0. The van der Waals surface area contributed by atoms with E-state index < -0.39 is 18.4 Å². The van der Waals surface area contributed by atoms with Crippen LogP contribution in [0.25, 0.3) is 0 Å². The molecule has 0 atom stereocenters. The number of benzene rings is 3. The molecule has 0 bridgehead atoms. The van der Waals surface area contributed by atoms with E-state index >= 15 is 0 Å². The molecule has 26 heavy (non-hydrogen) atoms. The van der Waals surface area contributed by atoms with E-state index in [1.165, 1.54) is 10.7 Å². The van der Waals surface area contributed by atoms with E-state index in [1.54, 1.807) is 0 Å². The zero-order valence-corrected chi connectivity index (χ0v) is 18.3. The number of rotatable bonds is 6. The van der Waals surface area contributed by atoms with Gasteiger partial charge in [-0.3, -0.25) is 0 Å². The summed E-state index contributed by atoms with van der Waals surface area (Å²) in [6.45, 7) is 5.61. The molecule has 0 spiro atoms. The molecule has 0 aliphatic heterocycles.